The molecule has 58 valence electrons. The number of hydrogen-bond donors (Lipinski definition) is 1. The second-order valence-electron chi connectivity index (χ2n) is 2.95. The molecule has 2 rings (SSSR count). The van der Waals surface area contributed by atoms with Crippen LogP contribution in [-0.4, -0.2) is 0 Å². The number of fused-ring (bicyclic) bond motifs is 1. The Morgan fingerprint density at radius 3 is 3.18 bits per heavy atom. The van der Waals surface area contributed by atoms with Crippen molar-refractivity contribution in [2.75, 3.05) is 0 Å². The summed E-state index contributed by atoms with van der Waals surface area (Å²) < 4.78 is 1.17. The van der Waals surface area contributed by atoms with E-state index in [0.29, 0.717) is 6.04 Å². The van der Waals surface area contributed by atoms with Crippen LogP contribution in [0.1, 0.15) is 24.1 Å². The van der Waals surface area contributed by atoms with Gasteiger partial charge in [0.05, 0.1) is 0 Å². The fraction of sp³-hybridized carbons (Fsp3) is 0.333. The summed E-state index contributed by atoms with van der Waals surface area (Å²) in [6.45, 7) is 3.20. The highest BCUT2D eigenvalue weighted by Crippen LogP contribution is 2.26. The van der Waals surface area contributed by atoms with Gasteiger partial charge < -0.3 is 5.32 Å². The van der Waals surface area contributed by atoms with Crippen LogP contribution >= 0.6 is 15.9 Å². The van der Waals surface area contributed by atoms with E-state index in [9.17, 15) is 0 Å². The maximum absolute atomic E-state index is 3.46. The van der Waals surface area contributed by atoms with Crippen LogP contribution in [0.3, 0.4) is 0 Å². The first kappa shape index (κ1) is 7.32. The van der Waals surface area contributed by atoms with Crippen molar-refractivity contribution in [2.24, 2.45) is 0 Å². The summed E-state index contributed by atoms with van der Waals surface area (Å²) in [5.74, 6) is 0. The van der Waals surface area contributed by atoms with Crippen LogP contribution in [-0.2, 0) is 6.54 Å². The van der Waals surface area contributed by atoms with Crippen molar-refractivity contribution >= 4 is 15.9 Å². The van der Waals surface area contributed by atoms with Gasteiger partial charge in [0.1, 0.15) is 0 Å². The second kappa shape index (κ2) is 2.61. The van der Waals surface area contributed by atoms with Crippen molar-refractivity contribution in [3.8, 4) is 0 Å². The van der Waals surface area contributed by atoms with Crippen LogP contribution in [0.2, 0.25) is 0 Å². The second-order valence-corrected chi connectivity index (χ2v) is 3.86. The van der Waals surface area contributed by atoms with Crippen LogP contribution in [0.5, 0.6) is 0 Å². The third-order valence-electron chi connectivity index (χ3n) is 2.17. The van der Waals surface area contributed by atoms with Crippen LogP contribution in [0.25, 0.3) is 0 Å². The third-order valence-corrected chi connectivity index (χ3v) is 2.66. The largest absolute Gasteiger partial charge is 0.306 e. The highest BCUT2D eigenvalue weighted by Gasteiger charge is 2.16. The predicted octanol–water partition coefficient (Wildman–Crippen LogP) is 2.61. The zero-order chi connectivity index (χ0) is 7.84. The average molecular weight is 212 g/mol. The number of hydrogen-bond acceptors (Lipinski definition) is 1. The van der Waals surface area contributed by atoms with E-state index < -0.39 is 0 Å². The molecule has 0 saturated carbocycles. The minimum atomic E-state index is 0.526. The molecule has 1 N–H and O–H groups in total. The Kier molecular flexibility index (Phi) is 1.74. The smallest absolute Gasteiger partial charge is 0.0298 e. The highest BCUT2D eigenvalue weighted by atomic mass is 79.9. The van der Waals surface area contributed by atoms with E-state index in [1.807, 2.05) is 0 Å². The molecule has 0 aliphatic carbocycles. The van der Waals surface area contributed by atoms with E-state index in [2.05, 4.69) is 46.4 Å². The van der Waals surface area contributed by atoms with E-state index in [4.69, 9.17) is 0 Å². The molecular weight excluding hydrogens is 202 g/mol. The van der Waals surface area contributed by atoms with E-state index in [-0.39, 0.29) is 0 Å². The lowest BCUT2D eigenvalue weighted by Gasteiger charge is -2.02. The summed E-state index contributed by atoms with van der Waals surface area (Å²) in [4.78, 5) is 0. The average Bonchev–Trinajstić information content (AvgIpc) is 2.32. The first-order chi connectivity index (χ1) is 5.27. The highest BCUT2D eigenvalue weighted by molar-refractivity contribution is 9.10. The quantitative estimate of drug-likeness (QED) is 0.696. The Morgan fingerprint density at radius 1 is 1.55 bits per heavy atom. The predicted molar refractivity (Wildman–Crippen MR) is 49.4 cm³/mol. The van der Waals surface area contributed by atoms with E-state index in [1.54, 1.807) is 0 Å². The Balaban J connectivity index is 2.50. The lowest BCUT2D eigenvalue weighted by molar-refractivity contribution is 0.633. The molecule has 0 spiro atoms. The standard InChI is InChI=1S/C9H10BrN/c1-6-9-3-2-8(10)4-7(9)5-11-6/h2-4,6,11H,5H2,1H3/t6-/m0/s1. The summed E-state index contributed by atoms with van der Waals surface area (Å²) in [5.41, 5.74) is 2.86. The van der Waals surface area contributed by atoms with Gasteiger partial charge in [-0.2, -0.15) is 0 Å². The van der Waals surface area contributed by atoms with Gasteiger partial charge >= 0.3 is 0 Å². The van der Waals surface area contributed by atoms with Crippen molar-refractivity contribution in [3.63, 3.8) is 0 Å². The SMILES string of the molecule is C[C@@H]1NCc2cc(Br)ccc21. The third kappa shape index (κ3) is 1.21. The fourth-order valence-electron chi connectivity index (χ4n) is 1.52. The molecule has 0 unspecified atom stereocenters. The molecule has 0 saturated heterocycles. The molecule has 0 aromatic heterocycles. The number of halogens is 1. The van der Waals surface area contributed by atoms with Crippen LogP contribution in [0, 0.1) is 0 Å². The summed E-state index contributed by atoms with van der Waals surface area (Å²) in [6, 6.07) is 7.00. The first-order valence-electron chi connectivity index (χ1n) is 3.79. The Morgan fingerprint density at radius 2 is 2.36 bits per heavy atom. The molecule has 11 heavy (non-hydrogen) atoms. The summed E-state index contributed by atoms with van der Waals surface area (Å²) in [7, 11) is 0. The molecular formula is C9H10BrN. The molecule has 1 aliphatic rings. The van der Waals surface area contributed by atoms with Gasteiger partial charge in [0.2, 0.25) is 0 Å². The van der Waals surface area contributed by atoms with Gasteiger partial charge in [0.25, 0.3) is 0 Å². The molecule has 1 heterocycles. The van der Waals surface area contributed by atoms with Gasteiger partial charge in [0.15, 0.2) is 0 Å². The molecule has 1 aromatic rings. The maximum atomic E-state index is 3.46. The number of nitrogens with one attached hydrogen (secondary N) is 1. The van der Waals surface area contributed by atoms with Crippen molar-refractivity contribution in [1.29, 1.82) is 0 Å². The van der Waals surface area contributed by atoms with Gasteiger partial charge in [-0.25, -0.2) is 0 Å². The maximum Gasteiger partial charge on any atom is 0.0298 e. The molecule has 0 bridgehead atoms. The molecule has 0 radical (unpaired) electrons. The van der Waals surface area contributed by atoms with E-state index in [1.165, 1.54) is 15.6 Å². The van der Waals surface area contributed by atoms with Gasteiger partial charge in [0, 0.05) is 17.1 Å². The fourth-order valence-corrected chi connectivity index (χ4v) is 1.93. The minimum absolute atomic E-state index is 0.526. The molecule has 2 heteroatoms. The zero-order valence-electron chi connectivity index (χ0n) is 6.39. The summed E-state index contributed by atoms with van der Waals surface area (Å²) in [5, 5.41) is 3.39. The zero-order valence-corrected chi connectivity index (χ0v) is 7.98. The van der Waals surface area contributed by atoms with Crippen LogP contribution in [0.4, 0.5) is 0 Å². The topological polar surface area (TPSA) is 12.0 Å². The van der Waals surface area contributed by atoms with Crippen LogP contribution in [0.15, 0.2) is 22.7 Å². The van der Waals surface area contributed by atoms with Gasteiger partial charge in [-0.05, 0) is 30.2 Å². The molecule has 1 atom stereocenters. The minimum Gasteiger partial charge on any atom is -0.306 e. The Labute approximate surface area is 74.9 Å². The van der Waals surface area contributed by atoms with Gasteiger partial charge in [-0.15, -0.1) is 0 Å². The first-order valence-corrected chi connectivity index (χ1v) is 4.58. The molecule has 1 aromatic carbocycles. The van der Waals surface area contributed by atoms with Crippen molar-refractivity contribution in [2.45, 2.75) is 19.5 Å². The van der Waals surface area contributed by atoms with E-state index >= 15 is 0 Å². The summed E-state index contributed by atoms with van der Waals surface area (Å²) >= 11 is 3.46. The molecule has 0 amide bonds. The number of rotatable bonds is 0. The van der Waals surface area contributed by atoms with E-state index in [0.717, 1.165) is 6.54 Å². The Hall–Kier alpha value is -0.340. The van der Waals surface area contributed by atoms with Crippen LogP contribution < -0.4 is 5.32 Å². The van der Waals surface area contributed by atoms with Gasteiger partial charge in [-0.3, -0.25) is 0 Å². The van der Waals surface area contributed by atoms with Crippen molar-refractivity contribution in [1.82, 2.24) is 5.32 Å². The number of benzene rings is 1. The molecule has 1 aliphatic heterocycles. The van der Waals surface area contributed by atoms with Crippen molar-refractivity contribution < 1.29 is 0 Å². The lowest BCUT2D eigenvalue weighted by atomic mass is 10.1. The summed E-state index contributed by atoms with van der Waals surface area (Å²) in [6.07, 6.45) is 0. The monoisotopic (exact) mass is 211 g/mol. The van der Waals surface area contributed by atoms with Crippen molar-refractivity contribution in [3.05, 3.63) is 33.8 Å². The van der Waals surface area contributed by atoms with Gasteiger partial charge in [-0.1, -0.05) is 22.0 Å². The Bertz CT molecular complexity index is 283. The lowest BCUT2D eigenvalue weighted by Crippen LogP contribution is -2.06. The molecule has 1 nitrogen and oxygen atoms in total. The normalized spacial score (nSPS) is 21.8. The molecule has 0 fully saturated rings.